The van der Waals surface area contributed by atoms with Crippen LogP contribution in [0, 0.1) is 18.6 Å². The van der Waals surface area contributed by atoms with Crippen LogP contribution in [0.1, 0.15) is 22.8 Å². The predicted octanol–water partition coefficient (Wildman–Crippen LogP) is 6.25. The summed E-state index contributed by atoms with van der Waals surface area (Å²) in [5.74, 6) is -2.41. The molecular formula is C35H38F2N6O4S. The molecule has 252 valence electrons. The number of carbonyl (C=O) groups excluding carboxylic acids is 1. The number of hydrogen-bond acceptors (Lipinski definition) is 8. The number of ether oxygens (including phenoxy) is 1. The molecule has 0 spiro atoms. The lowest BCUT2D eigenvalue weighted by molar-refractivity contribution is 0.102. The highest BCUT2D eigenvalue weighted by Gasteiger charge is 2.23. The molecule has 1 atom stereocenters. The number of anilines is 4. The number of benzene rings is 4. The summed E-state index contributed by atoms with van der Waals surface area (Å²) in [7, 11) is 1.36. The van der Waals surface area contributed by atoms with Gasteiger partial charge in [0.2, 0.25) is 9.84 Å². The molecule has 0 fully saturated rings. The number of methoxy groups -OCH3 is 1. The lowest BCUT2D eigenvalue weighted by atomic mass is 10.1. The minimum atomic E-state index is -4.28. The van der Waals surface area contributed by atoms with Crippen LogP contribution in [-0.4, -0.2) is 71.5 Å². The average Bonchev–Trinajstić information content (AvgIpc) is 3.45. The van der Waals surface area contributed by atoms with Crippen LogP contribution in [0.25, 0.3) is 10.9 Å². The fourth-order valence-electron chi connectivity index (χ4n) is 5.44. The van der Waals surface area contributed by atoms with Crippen molar-refractivity contribution in [2.45, 2.75) is 29.7 Å². The quantitative estimate of drug-likeness (QED) is 0.134. The Balaban J connectivity index is 1.40. The molecule has 1 aromatic heterocycles. The Morgan fingerprint density at radius 1 is 0.938 bits per heavy atom. The van der Waals surface area contributed by atoms with Crippen LogP contribution in [0.2, 0.25) is 0 Å². The molecule has 48 heavy (non-hydrogen) atoms. The monoisotopic (exact) mass is 676 g/mol. The van der Waals surface area contributed by atoms with Crippen molar-refractivity contribution in [3.8, 4) is 0 Å². The third-order valence-electron chi connectivity index (χ3n) is 8.03. The van der Waals surface area contributed by atoms with Gasteiger partial charge in [-0.25, -0.2) is 17.2 Å². The summed E-state index contributed by atoms with van der Waals surface area (Å²) in [6.45, 7) is 5.91. The summed E-state index contributed by atoms with van der Waals surface area (Å²) in [5, 5.41) is 13.4. The largest absolute Gasteiger partial charge is 0.383 e. The summed E-state index contributed by atoms with van der Waals surface area (Å²) in [6.07, 6.45) is 0. The van der Waals surface area contributed by atoms with Crippen LogP contribution in [0.3, 0.4) is 0 Å². The van der Waals surface area contributed by atoms with Crippen molar-refractivity contribution < 1.29 is 26.7 Å². The number of H-pyrrole nitrogens is 1. The number of carbonyl (C=O) groups is 1. The van der Waals surface area contributed by atoms with Gasteiger partial charge in [0.15, 0.2) is 5.82 Å². The number of amides is 1. The van der Waals surface area contributed by atoms with E-state index in [0.717, 1.165) is 36.6 Å². The molecule has 0 saturated carbocycles. The molecule has 4 aromatic carbocycles. The molecule has 5 rings (SSSR count). The molecule has 0 unspecified atom stereocenters. The maximum atomic E-state index is 13.8. The van der Waals surface area contributed by atoms with Gasteiger partial charge < -0.3 is 25.2 Å². The van der Waals surface area contributed by atoms with E-state index < -0.39 is 32.3 Å². The number of halogens is 2. The zero-order chi connectivity index (χ0) is 34.6. The van der Waals surface area contributed by atoms with E-state index in [1.54, 1.807) is 13.2 Å². The Hall–Kier alpha value is -5.01. The fourth-order valence-corrected chi connectivity index (χ4v) is 6.76. The van der Waals surface area contributed by atoms with E-state index >= 15 is 0 Å². The summed E-state index contributed by atoms with van der Waals surface area (Å²) >= 11 is 0. The Morgan fingerprint density at radius 2 is 1.65 bits per heavy atom. The summed E-state index contributed by atoms with van der Waals surface area (Å²) < 4.78 is 59.5. The highest BCUT2D eigenvalue weighted by molar-refractivity contribution is 7.91. The molecule has 0 aliphatic carbocycles. The number of aromatic nitrogens is 2. The topological polar surface area (TPSA) is 120 Å². The van der Waals surface area contributed by atoms with Crippen molar-refractivity contribution in [3.63, 3.8) is 0 Å². The van der Waals surface area contributed by atoms with Gasteiger partial charge in [0.25, 0.3) is 5.91 Å². The van der Waals surface area contributed by atoms with E-state index in [4.69, 9.17) is 4.74 Å². The molecular weight excluding hydrogens is 638 g/mol. The highest BCUT2D eigenvalue weighted by Crippen LogP contribution is 2.30. The third-order valence-corrected chi connectivity index (χ3v) is 9.76. The van der Waals surface area contributed by atoms with Gasteiger partial charge in [-0.15, -0.1) is 0 Å². The van der Waals surface area contributed by atoms with E-state index in [9.17, 15) is 22.0 Å². The van der Waals surface area contributed by atoms with Gasteiger partial charge in [0.1, 0.15) is 11.6 Å². The number of aryl methyl sites for hydroxylation is 1. The maximum absolute atomic E-state index is 13.8. The molecule has 1 amide bonds. The molecule has 5 aromatic rings. The molecule has 13 heteroatoms. The molecule has 0 bridgehead atoms. The zero-order valence-electron chi connectivity index (χ0n) is 27.3. The standard InChI is InChI=1S/C35H38F2N6O4S/c1-22-8-6-7-9-33(22)43(4)15-14-42(3)26-10-12-29(32(19-26)38-23(2)21-47-5)35(44)39-34-30-20-27(11-13-31(30)40-41-34)48(45,46)28-17-24(36)16-25(37)18-28/h6-13,16-20,23,38H,14-15,21H2,1-5H3,(H2,39,40,41,44)/t23-/m1/s1. The number of aromatic amines is 1. The predicted molar refractivity (Wildman–Crippen MR) is 185 cm³/mol. The number of hydrogen-bond donors (Lipinski definition) is 3. The second kappa shape index (κ2) is 14.4. The molecule has 1 heterocycles. The van der Waals surface area contributed by atoms with Crippen LogP contribution in [0.5, 0.6) is 0 Å². The number of likely N-dealkylation sites (N-methyl/N-ethyl adjacent to an activating group) is 2. The third kappa shape index (κ3) is 7.58. The number of rotatable bonds is 13. The van der Waals surface area contributed by atoms with Crippen LogP contribution in [-0.2, 0) is 14.6 Å². The van der Waals surface area contributed by atoms with Crippen molar-refractivity contribution in [1.82, 2.24) is 10.2 Å². The summed E-state index contributed by atoms with van der Waals surface area (Å²) in [4.78, 5) is 17.3. The second-order valence-electron chi connectivity index (χ2n) is 11.7. The van der Waals surface area contributed by atoms with Gasteiger partial charge >= 0.3 is 0 Å². The maximum Gasteiger partial charge on any atom is 0.258 e. The molecule has 10 nitrogen and oxygen atoms in total. The number of nitrogens with one attached hydrogen (secondary N) is 3. The van der Waals surface area contributed by atoms with E-state index in [1.165, 1.54) is 23.8 Å². The van der Waals surface area contributed by atoms with Crippen molar-refractivity contribution in [2.75, 3.05) is 61.3 Å². The van der Waals surface area contributed by atoms with Crippen molar-refractivity contribution in [3.05, 3.63) is 102 Å². The summed E-state index contributed by atoms with van der Waals surface area (Å²) in [5.41, 5.74) is 4.61. The zero-order valence-corrected chi connectivity index (χ0v) is 28.2. The van der Waals surface area contributed by atoms with Gasteiger partial charge in [-0.3, -0.25) is 9.89 Å². The first-order chi connectivity index (χ1) is 22.9. The smallest absolute Gasteiger partial charge is 0.258 e. The van der Waals surface area contributed by atoms with Crippen molar-refractivity contribution in [1.29, 1.82) is 0 Å². The van der Waals surface area contributed by atoms with Gasteiger partial charge in [0, 0.05) is 68.9 Å². The van der Waals surface area contributed by atoms with Crippen LogP contribution in [0.15, 0.2) is 88.7 Å². The first-order valence-electron chi connectivity index (χ1n) is 15.3. The van der Waals surface area contributed by atoms with Gasteiger partial charge in [-0.1, -0.05) is 18.2 Å². The molecule has 0 radical (unpaired) electrons. The fraction of sp³-hybridized carbons (Fsp3) is 0.257. The minimum absolute atomic E-state index is 0.0915. The number of nitrogens with zero attached hydrogens (tertiary/aromatic N) is 3. The molecule has 0 aliphatic rings. The number of sulfone groups is 1. The van der Waals surface area contributed by atoms with Gasteiger partial charge in [-0.05, 0) is 74.0 Å². The van der Waals surface area contributed by atoms with Gasteiger partial charge in [-0.2, -0.15) is 5.10 Å². The normalized spacial score (nSPS) is 12.1. The Bertz CT molecular complexity index is 2030. The van der Waals surface area contributed by atoms with Crippen molar-refractivity contribution >= 4 is 49.5 Å². The first-order valence-corrected chi connectivity index (χ1v) is 16.7. The lowest BCUT2D eigenvalue weighted by Crippen LogP contribution is -2.31. The minimum Gasteiger partial charge on any atom is -0.383 e. The van der Waals surface area contributed by atoms with E-state index in [0.29, 0.717) is 34.8 Å². The van der Waals surface area contributed by atoms with Crippen LogP contribution >= 0.6 is 0 Å². The van der Waals surface area contributed by atoms with Crippen LogP contribution < -0.4 is 20.4 Å². The average molecular weight is 677 g/mol. The lowest BCUT2D eigenvalue weighted by Gasteiger charge is -2.27. The van der Waals surface area contributed by atoms with E-state index in [2.05, 4.69) is 56.7 Å². The van der Waals surface area contributed by atoms with Gasteiger partial charge in [0.05, 0.1) is 27.5 Å². The molecule has 3 N–H and O–H groups in total. The highest BCUT2D eigenvalue weighted by atomic mass is 32.2. The second-order valence-corrected chi connectivity index (χ2v) is 13.7. The first kappa shape index (κ1) is 34.3. The SMILES string of the molecule is COC[C@@H](C)Nc1cc(N(C)CCN(C)c2ccccc2C)ccc1C(=O)Nc1n[nH]c2ccc(S(=O)(=O)c3cc(F)cc(F)c3)cc12. The number of fused-ring (bicyclic) bond motifs is 1. The Morgan fingerprint density at radius 3 is 2.35 bits per heavy atom. The van der Waals surface area contributed by atoms with E-state index in [-0.39, 0.29) is 16.8 Å². The Kier molecular flexibility index (Phi) is 10.3. The van der Waals surface area contributed by atoms with E-state index in [1.807, 2.05) is 38.2 Å². The summed E-state index contributed by atoms with van der Waals surface area (Å²) in [6, 6.07) is 19.8. The molecule has 0 saturated heterocycles. The number of para-hydroxylation sites is 1. The Labute approximate surface area is 278 Å². The van der Waals surface area contributed by atoms with Crippen LogP contribution in [0.4, 0.5) is 31.7 Å². The van der Waals surface area contributed by atoms with Crippen molar-refractivity contribution in [2.24, 2.45) is 0 Å². The molecule has 0 aliphatic heterocycles.